The molecule has 6 heteroatoms. The molecule has 1 amide bonds. The molecular formula is C18H19N3O3. The Balaban J connectivity index is 2.02. The van der Waals surface area contributed by atoms with Gasteiger partial charge in [-0.1, -0.05) is 51.1 Å². The first-order chi connectivity index (χ1) is 11.3. The second kappa shape index (κ2) is 7.04. The fraction of sp³-hybridized carbons (Fsp3) is 0.222. The highest BCUT2D eigenvalue weighted by Gasteiger charge is 2.13. The number of rotatable bonds is 4. The number of hydrogen-bond acceptors (Lipinski definition) is 4. The van der Waals surface area contributed by atoms with Crippen LogP contribution in [0.1, 0.15) is 42.3 Å². The monoisotopic (exact) mass is 325 g/mol. The van der Waals surface area contributed by atoms with Crippen molar-refractivity contribution in [3.8, 4) is 0 Å². The zero-order chi connectivity index (χ0) is 17.7. The third-order valence-corrected chi connectivity index (χ3v) is 3.48. The number of carbonyl (C=O) groups is 1. The Morgan fingerprint density at radius 3 is 2.42 bits per heavy atom. The molecule has 0 unspecified atom stereocenters. The summed E-state index contributed by atoms with van der Waals surface area (Å²) in [6, 6.07) is 13.4. The molecule has 0 aliphatic heterocycles. The molecule has 0 spiro atoms. The molecule has 1 N–H and O–H groups in total. The van der Waals surface area contributed by atoms with Gasteiger partial charge in [0.1, 0.15) is 0 Å². The molecule has 0 saturated carbocycles. The van der Waals surface area contributed by atoms with E-state index in [-0.39, 0.29) is 16.7 Å². The summed E-state index contributed by atoms with van der Waals surface area (Å²) in [4.78, 5) is 22.1. The topological polar surface area (TPSA) is 84.6 Å². The van der Waals surface area contributed by atoms with Gasteiger partial charge in [-0.25, -0.2) is 5.43 Å². The summed E-state index contributed by atoms with van der Waals surface area (Å²) < 4.78 is 0. The first kappa shape index (κ1) is 17.3. The molecule has 0 aromatic heterocycles. The molecule has 0 bridgehead atoms. The highest BCUT2D eigenvalue weighted by Crippen LogP contribution is 2.21. The zero-order valence-electron chi connectivity index (χ0n) is 13.8. The fourth-order valence-electron chi connectivity index (χ4n) is 2.06. The van der Waals surface area contributed by atoms with Gasteiger partial charge in [0, 0.05) is 17.7 Å². The zero-order valence-corrected chi connectivity index (χ0v) is 13.8. The Morgan fingerprint density at radius 1 is 1.17 bits per heavy atom. The molecule has 24 heavy (non-hydrogen) atoms. The van der Waals surface area contributed by atoms with Crippen LogP contribution in [0, 0.1) is 10.1 Å². The van der Waals surface area contributed by atoms with Crippen molar-refractivity contribution in [2.75, 3.05) is 0 Å². The second-order valence-corrected chi connectivity index (χ2v) is 6.38. The van der Waals surface area contributed by atoms with Crippen molar-refractivity contribution in [2.24, 2.45) is 5.10 Å². The number of nitro benzene ring substituents is 1. The van der Waals surface area contributed by atoms with E-state index in [1.54, 1.807) is 0 Å². The Morgan fingerprint density at radius 2 is 1.83 bits per heavy atom. The van der Waals surface area contributed by atoms with Crippen LogP contribution in [-0.4, -0.2) is 17.0 Å². The molecule has 0 radical (unpaired) electrons. The van der Waals surface area contributed by atoms with Gasteiger partial charge >= 0.3 is 0 Å². The van der Waals surface area contributed by atoms with Gasteiger partial charge in [-0.05, 0) is 22.6 Å². The number of hydrogen-bond donors (Lipinski definition) is 1. The fourth-order valence-corrected chi connectivity index (χ4v) is 2.06. The molecule has 2 aromatic carbocycles. The molecule has 0 aliphatic rings. The molecular weight excluding hydrogens is 306 g/mol. The predicted octanol–water partition coefficient (Wildman–Crippen LogP) is 3.66. The van der Waals surface area contributed by atoms with E-state index in [2.05, 4.69) is 31.3 Å². The smallest absolute Gasteiger partial charge is 0.267 e. The van der Waals surface area contributed by atoms with Crippen LogP contribution in [0.25, 0.3) is 0 Å². The molecule has 0 saturated heterocycles. The number of carbonyl (C=O) groups excluding carboxylic acids is 1. The lowest BCUT2D eigenvalue weighted by atomic mass is 9.87. The molecule has 0 fully saturated rings. The number of nitrogens with zero attached hydrogens (tertiary/aromatic N) is 2. The third kappa shape index (κ3) is 4.49. The number of hydrazone groups is 1. The molecule has 2 rings (SSSR count). The van der Waals surface area contributed by atoms with Crippen molar-refractivity contribution in [3.05, 3.63) is 75.3 Å². The number of amides is 1. The highest BCUT2D eigenvalue weighted by atomic mass is 16.6. The van der Waals surface area contributed by atoms with E-state index in [9.17, 15) is 14.9 Å². The van der Waals surface area contributed by atoms with Crippen LogP contribution < -0.4 is 5.43 Å². The number of nitro groups is 1. The first-order valence-electron chi connectivity index (χ1n) is 7.46. The maximum absolute atomic E-state index is 11.9. The van der Waals surface area contributed by atoms with Gasteiger partial charge < -0.3 is 0 Å². The van der Waals surface area contributed by atoms with Crippen molar-refractivity contribution in [3.63, 3.8) is 0 Å². The number of benzene rings is 2. The second-order valence-electron chi connectivity index (χ2n) is 6.38. The summed E-state index contributed by atoms with van der Waals surface area (Å²) in [7, 11) is 0. The lowest BCUT2D eigenvalue weighted by Crippen LogP contribution is -2.17. The van der Waals surface area contributed by atoms with Crippen molar-refractivity contribution in [2.45, 2.75) is 26.2 Å². The average molecular weight is 325 g/mol. The largest absolute Gasteiger partial charge is 0.271 e. The summed E-state index contributed by atoms with van der Waals surface area (Å²) >= 11 is 0. The normalized spacial score (nSPS) is 11.5. The average Bonchev–Trinajstić information content (AvgIpc) is 2.54. The number of nitrogens with one attached hydrogen (secondary N) is 1. The first-order valence-corrected chi connectivity index (χ1v) is 7.46. The van der Waals surface area contributed by atoms with Gasteiger partial charge in [0.15, 0.2) is 0 Å². The van der Waals surface area contributed by atoms with Crippen LogP contribution in [0.15, 0.2) is 53.6 Å². The molecule has 0 heterocycles. The van der Waals surface area contributed by atoms with Crippen molar-refractivity contribution >= 4 is 17.8 Å². The Kier molecular flexibility index (Phi) is 5.08. The minimum Gasteiger partial charge on any atom is -0.267 e. The van der Waals surface area contributed by atoms with Crippen LogP contribution >= 0.6 is 0 Å². The van der Waals surface area contributed by atoms with E-state index in [0.29, 0.717) is 0 Å². The van der Waals surface area contributed by atoms with Gasteiger partial charge in [0.05, 0.1) is 11.1 Å². The van der Waals surface area contributed by atoms with Gasteiger partial charge in [0.25, 0.3) is 11.6 Å². The van der Waals surface area contributed by atoms with Crippen molar-refractivity contribution < 1.29 is 9.72 Å². The summed E-state index contributed by atoms with van der Waals surface area (Å²) in [5.41, 5.74) is 4.55. The van der Waals surface area contributed by atoms with Crippen LogP contribution in [0.5, 0.6) is 0 Å². The minimum atomic E-state index is -0.545. The van der Waals surface area contributed by atoms with Crippen molar-refractivity contribution in [1.29, 1.82) is 0 Å². The Hall–Kier alpha value is -3.02. The minimum absolute atomic E-state index is 0.0753. The maximum Gasteiger partial charge on any atom is 0.271 e. The standard InChI is InChI=1S/C18H19N3O3/c1-18(2,3)15-9-7-13(8-10-15)12-19-20-17(22)14-5-4-6-16(11-14)21(23)24/h4-12H,1-3H3,(H,20,22)/b19-12+. The summed E-state index contributed by atoms with van der Waals surface area (Å²) in [5.74, 6) is -0.499. The SMILES string of the molecule is CC(C)(C)c1ccc(/C=N/NC(=O)c2cccc([N+](=O)[O-])c2)cc1. The Labute approximate surface area is 140 Å². The summed E-state index contributed by atoms with van der Waals surface area (Å²) in [5, 5.41) is 14.6. The predicted molar refractivity (Wildman–Crippen MR) is 93.3 cm³/mol. The quantitative estimate of drug-likeness (QED) is 0.529. The van der Waals surface area contributed by atoms with E-state index in [1.165, 1.54) is 36.0 Å². The molecule has 0 atom stereocenters. The molecule has 0 aliphatic carbocycles. The lowest BCUT2D eigenvalue weighted by Gasteiger charge is -2.18. The van der Waals surface area contributed by atoms with Crippen LogP contribution in [0.3, 0.4) is 0 Å². The Bertz CT molecular complexity index is 775. The summed E-state index contributed by atoms with van der Waals surface area (Å²) in [6.45, 7) is 6.40. The lowest BCUT2D eigenvalue weighted by molar-refractivity contribution is -0.384. The molecule has 124 valence electrons. The highest BCUT2D eigenvalue weighted by molar-refractivity contribution is 5.95. The van der Waals surface area contributed by atoms with E-state index in [1.807, 2.05) is 24.3 Å². The maximum atomic E-state index is 11.9. The van der Waals surface area contributed by atoms with Crippen LogP contribution in [0.2, 0.25) is 0 Å². The third-order valence-electron chi connectivity index (χ3n) is 3.48. The van der Waals surface area contributed by atoms with Gasteiger partial charge in [-0.2, -0.15) is 5.10 Å². The van der Waals surface area contributed by atoms with E-state index in [4.69, 9.17) is 0 Å². The van der Waals surface area contributed by atoms with E-state index in [0.717, 1.165) is 5.56 Å². The van der Waals surface area contributed by atoms with Gasteiger partial charge in [-0.15, -0.1) is 0 Å². The summed E-state index contributed by atoms with van der Waals surface area (Å²) in [6.07, 6.45) is 1.53. The van der Waals surface area contributed by atoms with Crippen LogP contribution in [-0.2, 0) is 5.41 Å². The van der Waals surface area contributed by atoms with Gasteiger partial charge in [0.2, 0.25) is 0 Å². The van der Waals surface area contributed by atoms with E-state index < -0.39 is 10.8 Å². The molecule has 6 nitrogen and oxygen atoms in total. The molecule has 2 aromatic rings. The number of non-ortho nitro benzene ring substituents is 1. The van der Waals surface area contributed by atoms with Crippen LogP contribution in [0.4, 0.5) is 5.69 Å². The van der Waals surface area contributed by atoms with Gasteiger partial charge in [-0.3, -0.25) is 14.9 Å². The van der Waals surface area contributed by atoms with Crippen molar-refractivity contribution in [1.82, 2.24) is 5.43 Å². The van der Waals surface area contributed by atoms with E-state index >= 15 is 0 Å².